The maximum atomic E-state index is 5.39. The lowest BCUT2D eigenvalue weighted by atomic mass is 10.2. The van der Waals surface area contributed by atoms with Crippen molar-refractivity contribution in [3.05, 3.63) is 47.7 Å². The van der Waals surface area contributed by atoms with Crippen molar-refractivity contribution in [2.24, 2.45) is 4.99 Å². The molecule has 0 spiro atoms. The van der Waals surface area contributed by atoms with Gasteiger partial charge < -0.3 is 25.0 Å². The second-order valence-corrected chi connectivity index (χ2v) is 7.66. The van der Waals surface area contributed by atoms with E-state index in [1.807, 2.05) is 24.4 Å². The van der Waals surface area contributed by atoms with Crippen molar-refractivity contribution >= 4 is 11.8 Å². The molecular weight excluding hydrogens is 390 g/mol. The average Bonchev–Trinajstić information content (AvgIpc) is 3.10. The normalized spacial score (nSPS) is 14.7. The van der Waals surface area contributed by atoms with Crippen LogP contribution in [0.25, 0.3) is 0 Å². The highest BCUT2D eigenvalue weighted by Crippen LogP contribution is 2.27. The van der Waals surface area contributed by atoms with E-state index in [-0.39, 0.29) is 0 Å². The first-order valence-corrected chi connectivity index (χ1v) is 11.2. The molecule has 1 saturated heterocycles. The van der Waals surface area contributed by atoms with Crippen molar-refractivity contribution in [3.8, 4) is 11.5 Å². The number of ether oxygens (including phenoxy) is 2. The second kappa shape index (κ2) is 12.0. The molecule has 168 valence electrons. The van der Waals surface area contributed by atoms with Crippen molar-refractivity contribution in [3.63, 3.8) is 0 Å². The summed E-state index contributed by atoms with van der Waals surface area (Å²) in [4.78, 5) is 11.7. The highest BCUT2D eigenvalue weighted by atomic mass is 16.5. The molecule has 1 aromatic heterocycles. The molecule has 3 rings (SSSR count). The van der Waals surface area contributed by atoms with Crippen molar-refractivity contribution in [2.45, 2.75) is 45.7 Å². The molecule has 0 unspecified atom stereocenters. The number of anilines is 1. The fourth-order valence-electron chi connectivity index (χ4n) is 3.72. The van der Waals surface area contributed by atoms with Gasteiger partial charge in [0.25, 0.3) is 0 Å². The van der Waals surface area contributed by atoms with Gasteiger partial charge in [0.15, 0.2) is 17.5 Å². The fourth-order valence-corrected chi connectivity index (χ4v) is 3.72. The second-order valence-electron chi connectivity index (χ2n) is 7.66. The van der Waals surface area contributed by atoms with E-state index in [2.05, 4.69) is 39.6 Å². The van der Waals surface area contributed by atoms with Gasteiger partial charge in [0.05, 0.1) is 20.8 Å². The third-order valence-corrected chi connectivity index (χ3v) is 5.41. The number of rotatable bonds is 8. The number of hydrogen-bond acceptors (Lipinski definition) is 5. The Balaban J connectivity index is 1.63. The summed E-state index contributed by atoms with van der Waals surface area (Å²) in [6.45, 7) is 6.30. The lowest BCUT2D eigenvalue weighted by Gasteiger charge is -2.22. The number of hydrogen-bond donors (Lipinski definition) is 2. The highest BCUT2D eigenvalue weighted by molar-refractivity contribution is 5.79. The Morgan fingerprint density at radius 3 is 2.45 bits per heavy atom. The van der Waals surface area contributed by atoms with Crippen molar-refractivity contribution in [1.29, 1.82) is 0 Å². The van der Waals surface area contributed by atoms with Crippen LogP contribution in [-0.2, 0) is 13.1 Å². The van der Waals surface area contributed by atoms with Crippen LogP contribution in [0.5, 0.6) is 11.5 Å². The van der Waals surface area contributed by atoms with Gasteiger partial charge in [-0.1, -0.05) is 18.9 Å². The molecule has 0 atom stereocenters. The zero-order valence-electron chi connectivity index (χ0n) is 19.0. The molecule has 0 aliphatic carbocycles. The standard InChI is InChI=1S/C24H35N5O2/c1-4-25-24(27-17-19-9-10-21(30-2)22(15-19)31-3)28-18-20-11-12-26-23(16-20)29-13-7-5-6-8-14-29/h9-12,15-16H,4-8,13-14,17-18H2,1-3H3,(H2,25,27,28). The van der Waals surface area contributed by atoms with Crippen LogP contribution < -0.4 is 25.0 Å². The largest absolute Gasteiger partial charge is 0.493 e. The molecule has 1 fully saturated rings. The van der Waals surface area contributed by atoms with Gasteiger partial charge in [-0.25, -0.2) is 9.98 Å². The molecule has 0 radical (unpaired) electrons. The minimum atomic E-state index is 0.547. The number of nitrogens with zero attached hydrogens (tertiary/aromatic N) is 3. The highest BCUT2D eigenvalue weighted by Gasteiger charge is 2.11. The summed E-state index contributed by atoms with van der Waals surface area (Å²) in [5.74, 6) is 3.29. The number of methoxy groups -OCH3 is 2. The molecule has 0 saturated carbocycles. The van der Waals surface area contributed by atoms with Crippen LogP contribution in [0.3, 0.4) is 0 Å². The number of aromatic nitrogens is 1. The lowest BCUT2D eigenvalue weighted by molar-refractivity contribution is 0.354. The van der Waals surface area contributed by atoms with E-state index >= 15 is 0 Å². The first-order valence-electron chi connectivity index (χ1n) is 11.2. The van der Waals surface area contributed by atoms with E-state index in [9.17, 15) is 0 Å². The summed E-state index contributed by atoms with van der Waals surface area (Å²) in [5.41, 5.74) is 2.26. The first kappa shape index (κ1) is 22.7. The molecule has 7 heteroatoms. The Kier molecular flexibility index (Phi) is 8.82. The summed E-state index contributed by atoms with van der Waals surface area (Å²) in [7, 11) is 3.28. The van der Waals surface area contributed by atoms with Gasteiger partial charge in [-0.2, -0.15) is 0 Å². The summed E-state index contributed by atoms with van der Waals surface area (Å²) in [5, 5.41) is 6.75. The third-order valence-electron chi connectivity index (χ3n) is 5.41. The van der Waals surface area contributed by atoms with E-state index in [1.54, 1.807) is 14.2 Å². The number of aliphatic imine (C=N–C) groups is 1. The smallest absolute Gasteiger partial charge is 0.191 e. The fraction of sp³-hybridized carbons (Fsp3) is 0.500. The zero-order valence-corrected chi connectivity index (χ0v) is 19.0. The molecule has 0 amide bonds. The molecule has 1 aliphatic rings. The van der Waals surface area contributed by atoms with Crippen LogP contribution in [0, 0.1) is 0 Å². The number of benzene rings is 1. The Morgan fingerprint density at radius 1 is 0.968 bits per heavy atom. The zero-order chi connectivity index (χ0) is 21.9. The van der Waals surface area contributed by atoms with Gasteiger partial charge >= 0.3 is 0 Å². The Morgan fingerprint density at radius 2 is 1.74 bits per heavy atom. The number of nitrogens with one attached hydrogen (secondary N) is 2. The van der Waals surface area contributed by atoms with Gasteiger partial charge in [-0.05, 0) is 55.2 Å². The monoisotopic (exact) mass is 425 g/mol. The minimum absolute atomic E-state index is 0.547. The molecule has 1 aliphatic heterocycles. The molecule has 2 heterocycles. The van der Waals surface area contributed by atoms with E-state index in [0.29, 0.717) is 18.8 Å². The molecule has 7 nitrogen and oxygen atoms in total. The van der Waals surface area contributed by atoms with Crippen LogP contribution in [0.15, 0.2) is 41.5 Å². The van der Waals surface area contributed by atoms with E-state index < -0.39 is 0 Å². The van der Waals surface area contributed by atoms with Crippen LogP contribution in [-0.4, -0.2) is 44.8 Å². The summed E-state index contributed by atoms with van der Waals surface area (Å²) in [6.07, 6.45) is 7.04. The third kappa shape index (κ3) is 6.77. The van der Waals surface area contributed by atoms with Crippen LogP contribution in [0.2, 0.25) is 0 Å². The van der Waals surface area contributed by atoms with Gasteiger partial charge in [0, 0.05) is 32.4 Å². The van der Waals surface area contributed by atoms with Crippen LogP contribution in [0.4, 0.5) is 5.82 Å². The van der Waals surface area contributed by atoms with Crippen LogP contribution >= 0.6 is 0 Å². The quantitative estimate of drug-likeness (QED) is 0.496. The maximum Gasteiger partial charge on any atom is 0.191 e. The Hall–Kier alpha value is -2.96. The number of pyridine rings is 1. The Bertz CT molecular complexity index is 848. The summed E-state index contributed by atoms with van der Waals surface area (Å²) < 4.78 is 10.7. The van der Waals surface area contributed by atoms with E-state index in [4.69, 9.17) is 14.5 Å². The predicted octanol–water partition coefficient (Wildman–Crippen LogP) is 3.73. The molecule has 1 aromatic carbocycles. The van der Waals surface area contributed by atoms with Gasteiger partial charge in [0.1, 0.15) is 5.82 Å². The minimum Gasteiger partial charge on any atom is -0.493 e. The molecule has 2 N–H and O–H groups in total. The number of guanidine groups is 1. The van der Waals surface area contributed by atoms with Gasteiger partial charge in [0.2, 0.25) is 0 Å². The molecule has 31 heavy (non-hydrogen) atoms. The Labute approximate surface area is 185 Å². The van der Waals surface area contributed by atoms with Crippen molar-refractivity contribution < 1.29 is 9.47 Å². The molecule has 0 bridgehead atoms. The predicted molar refractivity (Wildman–Crippen MR) is 126 cm³/mol. The first-order chi connectivity index (χ1) is 15.2. The van der Waals surface area contributed by atoms with Gasteiger partial charge in [-0.3, -0.25) is 0 Å². The molecule has 2 aromatic rings. The van der Waals surface area contributed by atoms with Crippen LogP contribution in [0.1, 0.15) is 43.7 Å². The van der Waals surface area contributed by atoms with E-state index in [0.717, 1.165) is 42.7 Å². The van der Waals surface area contributed by atoms with Crippen molar-refractivity contribution in [1.82, 2.24) is 15.6 Å². The lowest BCUT2D eigenvalue weighted by Crippen LogP contribution is -2.36. The van der Waals surface area contributed by atoms with E-state index in [1.165, 1.54) is 31.2 Å². The van der Waals surface area contributed by atoms with Crippen molar-refractivity contribution in [2.75, 3.05) is 38.8 Å². The van der Waals surface area contributed by atoms with Gasteiger partial charge in [-0.15, -0.1) is 0 Å². The average molecular weight is 426 g/mol. The summed E-state index contributed by atoms with van der Waals surface area (Å²) >= 11 is 0. The SMILES string of the molecule is CCNC(=NCc1ccc(OC)c(OC)c1)NCc1ccnc(N2CCCCCC2)c1. The topological polar surface area (TPSA) is 71.0 Å². The molecular formula is C24H35N5O2. The maximum absolute atomic E-state index is 5.39. The summed E-state index contributed by atoms with van der Waals surface area (Å²) in [6, 6.07) is 10.1.